The van der Waals surface area contributed by atoms with Crippen molar-refractivity contribution < 1.29 is 19.5 Å². The van der Waals surface area contributed by atoms with E-state index < -0.39 is 29.4 Å². The molecule has 25 heavy (non-hydrogen) atoms. The zero-order valence-electron chi connectivity index (χ0n) is 18.3. The van der Waals surface area contributed by atoms with Crippen LogP contribution in [-0.4, -0.2) is 29.4 Å². The summed E-state index contributed by atoms with van der Waals surface area (Å²) in [5.74, 6) is 0. The quantitative estimate of drug-likeness (QED) is 0.238. The molecule has 0 heterocycles. The minimum absolute atomic E-state index is 0. The van der Waals surface area contributed by atoms with Crippen LogP contribution in [0.25, 0.3) is 0 Å². The van der Waals surface area contributed by atoms with E-state index in [0.717, 1.165) is 0 Å². The van der Waals surface area contributed by atoms with Crippen molar-refractivity contribution in [3.8, 4) is 0 Å². The molecule has 1 aromatic carbocycles. The van der Waals surface area contributed by atoms with Gasteiger partial charge in [0.05, 0.1) is 0 Å². The summed E-state index contributed by atoms with van der Waals surface area (Å²) in [5.41, 5.74) is 2.68. The van der Waals surface area contributed by atoms with Gasteiger partial charge in [0.15, 0.2) is 0 Å². The molecular formula is C19H38SSi4Zn. The first-order valence-electron chi connectivity index (χ1n) is 8.85. The van der Waals surface area contributed by atoms with E-state index in [9.17, 15) is 0 Å². The molecule has 0 saturated heterocycles. The summed E-state index contributed by atoms with van der Waals surface area (Å²) in [5, 5.41) is 3.72. The predicted octanol–water partition coefficient (Wildman–Crippen LogP) is 7.17. The molecule has 0 unspecified atom stereocenters. The fourth-order valence-electron chi connectivity index (χ4n) is 4.70. The topological polar surface area (TPSA) is 0 Å². The molecule has 0 N–H and O–H groups in total. The Kier molecular flexibility index (Phi) is 12.3. The fourth-order valence-corrected chi connectivity index (χ4v) is 101. The van der Waals surface area contributed by atoms with E-state index in [0.29, 0.717) is 0 Å². The van der Waals surface area contributed by atoms with Crippen molar-refractivity contribution in [2.24, 2.45) is 0 Å². The Morgan fingerprint density at radius 1 is 0.760 bits per heavy atom. The van der Waals surface area contributed by atoms with E-state index >= 15 is 0 Å². The van der Waals surface area contributed by atoms with Crippen molar-refractivity contribution in [2.45, 2.75) is 70.7 Å². The Labute approximate surface area is 178 Å². The molecule has 0 nitrogen and oxygen atoms in total. The van der Waals surface area contributed by atoms with Crippen molar-refractivity contribution in [3.05, 3.63) is 48.4 Å². The average molecular weight is 476 g/mol. The smallest absolute Gasteiger partial charge is 0.436 e. The van der Waals surface area contributed by atoms with Crippen LogP contribution in [0.5, 0.6) is 0 Å². The SMILES string of the molecule is C[Si](C)(C)[Si](C=[C-]Sc1ccccc1)([Si](C)(C)C)[Si](C)(C)C.[CH2-]C.[Zn+2]. The van der Waals surface area contributed by atoms with E-state index in [-0.39, 0.29) is 19.5 Å². The largest absolute Gasteiger partial charge is 2.00 e. The first-order valence-corrected chi connectivity index (χ1v) is 25.2. The monoisotopic (exact) mass is 474 g/mol. The summed E-state index contributed by atoms with van der Waals surface area (Å²) >= 11 is 1.79. The molecule has 0 radical (unpaired) electrons. The summed E-state index contributed by atoms with van der Waals surface area (Å²) in [6, 6.07) is 10.7. The van der Waals surface area contributed by atoms with Gasteiger partial charge in [-0.15, -0.1) is 0 Å². The molecule has 0 atom stereocenters. The Bertz CT molecular complexity index is 475. The van der Waals surface area contributed by atoms with Gasteiger partial charge in [-0.1, -0.05) is 89.3 Å². The molecule has 0 spiro atoms. The Balaban J connectivity index is 0. The van der Waals surface area contributed by atoms with Crippen LogP contribution in [0.1, 0.15) is 6.92 Å². The van der Waals surface area contributed by atoms with Gasteiger partial charge in [-0.25, -0.2) is 0 Å². The number of rotatable bonds is 6. The zero-order valence-corrected chi connectivity index (χ0v) is 26.1. The normalized spacial score (nSPS) is 13.1. The number of hydrogen-bond donors (Lipinski definition) is 0. The maximum absolute atomic E-state index is 3.72. The van der Waals surface area contributed by atoms with Crippen LogP contribution in [0.2, 0.25) is 58.9 Å². The molecule has 6 heteroatoms. The third kappa shape index (κ3) is 7.04. The van der Waals surface area contributed by atoms with Gasteiger partial charge >= 0.3 is 19.5 Å². The summed E-state index contributed by atoms with van der Waals surface area (Å²) < 4.78 is 0. The van der Waals surface area contributed by atoms with Gasteiger partial charge in [-0.05, 0) is 4.90 Å². The van der Waals surface area contributed by atoms with Crippen LogP contribution >= 0.6 is 11.8 Å². The molecule has 0 fully saturated rings. The third-order valence-corrected chi connectivity index (χ3v) is 76.5. The van der Waals surface area contributed by atoms with Gasteiger partial charge in [0.1, 0.15) is 0 Å². The van der Waals surface area contributed by atoms with E-state index in [1.54, 1.807) is 18.7 Å². The van der Waals surface area contributed by atoms with E-state index in [4.69, 9.17) is 0 Å². The van der Waals surface area contributed by atoms with Crippen LogP contribution in [0, 0.1) is 12.3 Å². The first kappa shape index (κ1) is 28.0. The molecule has 1 aromatic rings. The number of thioether (sulfide) groups is 1. The van der Waals surface area contributed by atoms with Crippen LogP contribution in [-0.2, 0) is 19.5 Å². The summed E-state index contributed by atoms with van der Waals surface area (Å²) in [6.07, 6.45) is 0. The second kappa shape index (κ2) is 11.0. The van der Waals surface area contributed by atoms with Crippen molar-refractivity contribution >= 4 is 41.2 Å². The molecule has 138 valence electrons. The molecule has 0 aliphatic rings. The van der Waals surface area contributed by atoms with Crippen molar-refractivity contribution in [1.82, 2.24) is 0 Å². The third-order valence-electron chi connectivity index (χ3n) is 4.74. The molecule has 0 saturated carbocycles. The Morgan fingerprint density at radius 3 is 1.44 bits per heavy atom. The minimum atomic E-state index is -1.39. The minimum Gasteiger partial charge on any atom is -0.436 e. The molecule has 0 aromatic heterocycles. The first-order chi connectivity index (χ1) is 10.8. The van der Waals surface area contributed by atoms with Crippen molar-refractivity contribution in [1.29, 1.82) is 0 Å². The van der Waals surface area contributed by atoms with Gasteiger partial charge in [-0.3, -0.25) is 5.70 Å². The molecule has 0 amide bonds. The summed E-state index contributed by atoms with van der Waals surface area (Å²) in [4.78, 5) is 1.31. The molecule has 0 aliphatic carbocycles. The maximum atomic E-state index is 3.72. The van der Waals surface area contributed by atoms with Gasteiger partial charge < -0.3 is 24.1 Å². The molecular weight excluding hydrogens is 438 g/mol. The molecule has 0 aliphatic heterocycles. The van der Waals surface area contributed by atoms with Gasteiger partial charge in [0, 0.05) is 29.4 Å². The number of hydrogen-bond acceptors (Lipinski definition) is 1. The van der Waals surface area contributed by atoms with Crippen LogP contribution in [0.15, 0.2) is 40.9 Å². The summed E-state index contributed by atoms with van der Waals surface area (Å²) in [6.45, 7) is 27.2. The van der Waals surface area contributed by atoms with E-state index in [2.05, 4.69) is 107 Å². The standard InChI is InChI=1S/C17H33SSi4.C2H5.Zn/c1-19(2,3)22(20(4,5)6,21(7,8)9)16-15-18-17-13-11-10-12-14-17;1-2;/h10-14,16H,1-9H3;1H2,2H3;/q2*-1;+2. The van der Waals surface area contributed by atoms with Crippen LogP contribution in [0.3, 0.4) is 0 Å². The van der Waals surface area contributed by atoms with Gasteiger partial charge in [0.25, 0.3) is 0 Å². The number of benzene rings is 1. The van der Waals surface area contributed by atoms with E-state index in [1.807, 2.05) is 0 Å². The molecule has 0 bridgehead atoms. The van der Waals surface area contributed by atoms with Gasteiger partial charge in [-0.2, -0.15) is 6.92 Å². The van der Waals surface area contributed by atoms with Crippen LogP contribution < -0.4 is 0 Å². The van der Waals surface area contributed by atoms with Crippen molar-refractivity contribution in [3.63, 3.8) is 0 Å². The second-order valence-corrected chi connectivity index (χ2v) is 50.6. The average Bonchev–Trinajstić information content (AvgIpc) is 2.42. The fraction of sp³-hybridized carbons (Fsp3) is 0.526. The second-order valence-electron chi connectivity index (χ2n) is 9.24. The predicted molar refractivity (Wildman–Crippen MR) is 127 cm³/mol. The molecule has 1 rings (SSSR count). The Morgan fingerprint density at radius 2 is 1.12 bits per heavy atom. The zero-order chi connectivity index (χ0) is 19.2. The van der Waals surface area contributed by atoms with Crippen molar-refractivity contribution in [2.75, 3.05) is 0 Å². The van der Waals surface area contributed by atoms with Gasteiger partial charge in [0.2, 0.25) is 0 Å². The Hall–Kier alpha value is 0.801. The van der Waals surface area contributed by atoms with E-state index in [1.165, 1.54) is 4.90 Å². The summed E-state index contributed by atoms with van der Waals surface area (Å²) in [7, 11) is -3.64. The van der Waals surface area contributed by atoms with Crippen LogP contribution in [0.4, 0.5) is 0 Å². The maximum Gasteiger partial charge on any atom is 2.00 e.